The summed E-state index contributed by atoms with van der Waals surface area (Å²) in [6.45, 7) is -0.418. The van der Waals surface area contributed by atoms with Crippen LogP contribution in [-0.2, 0) is 4.74 Å². The van der Waals surface area contributed by atoms with Crippen LogP contribution in [0.3, 0.4) is 0 Å². The SMILES string of the molecule is O=c1[nH]c(=O)n([C@H]2C[C@H](O)[C@@H](CO)O2)nc1/C=C(\F)Br. The largest absolute Gasteiger partial charge is 0.394 e. The summed E-state index contributed by atoms with van der Waals surface area (Å²) in [5.41, 5.74) is -2.03. The molecule has 1 saturated heterocycles. The molecule has 0 bridgehead atoms. The highest BCUT2D eigenvalue weighted by Gasteiger charge is 2.35. The molecule has 0 radical (unpaired) electrons. The molecule has 1 aromatic rings. The third-order valence-electron chi connectivity index (χ3n) is 2.78. The van der Waals surface area contributed by atoms with Crippen molar-refractivity contribution in [2.24, 2.45) is 0 Å². The van der Waals surface area contributed by atoms with Crippen LogP contribution in [0.2, 0.25) is 0 Å². The van der Waals surface area contributed by atoms with Gasteiger partial charge in [-0.3, -0.25) is 9.78 Å². The summed E-state index contributed by atoms with van der Waals surface area (Å²) in [6.07, 6.45) is -1.93. The molecule has 0 saturated carbocycles. The molecule has 1 aliphatic rings. The molecule has 8 nitrogen and oxygen atoms in total. The number of aliphatic hydroxyl groups excluding tert-OH is 2. The maximum Gasteiger partial charge on any atom is 0.347 e. The predicted octanol–water partition coefficient (Wildman–Crippen LogP) is -0.765. The lowest BCUT2D eigenvalue weighted by Gasteiger charge is -2.13. The Labute approximate surface area is 119 Å². The van der Waals surface area contributed by atoms with Gasteiger partial charge in [-0.05, 0) is 15.9 Å². The van der Waals surface area contributed by atoms with Gasteiger partial charge >= 0.3 is 5.69 Å². The maximum atomic E-state index is 12.7. The van der Waals surface area contributed by atoms with Crippen LogP contribution in [0, 0.1) is 0 Å². The number of ether oxygens (including phenoxy) is 1. The zero-order valence-corrected chi connectivity index (χ0v) is 11.6. The van der Waals surface area contributed by atoms with E-state index in [4.69, 9.17) is 9.84 Å². The fraction of sp³-hybridized carbons (Fsp3) is 0.500. The number of nitrogens with one attached hydrogen (secondary N) is 1. The van der Waals surface area contributed by atoms with Gasteiger partial charge in [0, 0.05) is 12.5 Å². The van der Waals surface area contributed by atoms with Crippen molar-refractivity contribution in [2.75, 3.05) is 6.61 Å². The van der Waals surface area contributed by atoms with Gasteiger partial charge in [-0.1, -0.05) is 0 Å². The predicted molar refractivity (Wildman–Crippen MR) is 68.7 cm³/mol. The van der Waals surface area contributed by atoms with Gasteiger partial charge in [0.2, 0.25) is 0 Å². The fourth-order valence-electron chi connectivity index (χ4n) is 1.85. The first-order chi connectivity index (χ1) is 9.42. The number of hydrogen-bond donors (Lipinski definition) is 3. The van der Waals surface area contributed by atoms with E-state index in [1.54, 1.807) is 0 Å². The number of halogens is 2. The van der Waals surface area contributed by atoms with Crippen LogP contribution in [0.15, 0.2) is 14.3 Å². The van der Waals surface area contributed by atoms with Gasteiger partial charge in [-0.25, -0.2) is 4.79 Å². The molecule has 10 heteroatoms. The summed E-state index contributed by atoms with van der Waals surface area (Å²) in [7, 11) is 0. The average molecular weight is 352 g/mol. The second kappa shape index (κ2) is 5.95. The maximum absolute atomic E-state index is 12.7. The van der Waals surface area contributed by atoms with Gasteiger partial charge in [0.15, 0.2) is 16.7 Å². The minimum Gasteiger partial charge on any atom is -0.394 e. The Kier molecular flexibility index (Phi) is 4.48. The quantitative estimate of drug-likeness (QED) is 0.658. The molecule has 110 valence electrons. The van der Waals surface area contributed by atoms with Crippen molar-refractivity contribution in [2.45, 2.75) is 24.9 Å². The third-order valence-corrected chi connectivity index (χ3v) is 3.01. The molecule has 2 rings (SSSR count). The molecule has 2 heterocycles. The monoisotopic (exact) mass is 351 g/mol. The number of aromatic amines is 1. The molecule has 0 aromatic carbocycles. The summed E-state index contributed by atoms with van der Waals surface area (Å²) in [6, 6.07) is 0. The van der Waals surface area contributed by atoms with Crippen LogP contribution < -0.4 is 11.2 Å². The van der Waals surface area contributed by atoms with Crippen molar-refractivity contribution >= 4 is 22.0 Å². The normalized spacial score (nSPS) is 27.0. The first-order valence-corrected chi connectivity index (χ1v) is 6.42. The molecular formula is C10H11BrFN3O5. The standard InChI is InChI=1S/C10H11BrFN3O5/c11-7(12)1-4-9(18)13-10(19)15(14-4)8-2-5(17)6(3-16)20-8/h1,5-6,8,16-17H,2-3H2,(H,13,18,19)/b7-1-/t5-,6+,8+/m0/s1. The minimum atomic E-state index is -0.961. The molecule has 0 spiro atoms. The van der Waals surface area contributed by atoms with E-state index in [0.717, 1.165) is 10.8 Å². The van der Waals surface area contributed by atoms with E-state index in [9.17, 15) is 19.1 Å². The van der Waals surface area contributed by atoms with Gasteiger partial charge in [0.1, 0.15) is 6.10 Å². The third kappa shape index (κ3) is 3.03. The summed E-state index contributed by atoms with van der Waals surface area (Å²) in [4.78, 5) is 25.1. The molecule has 20 heavy (non-hydrogen) atoms. The topological polar surface area (TPSA) is 117 Å². The van der Waals surface area contributed by atoms with Crippen LogP contribution >= 0.6 is 15.9 Å². The average Bonchev–Trinajstić information content (AvgIpc) is 2.73. The van der Waals surface area contributed by atoms with Crippen molar-refractivity contribution in [3.63, 3.8) is 0 Å². The first-order valence-electron chi connectivity index (χ1n) is 5.62. The molecule has 3 atom stereocenters. The van der Waals surface area contributed by atoms with Crippen LogP contribution in [0.4, 0.5) is 4.39 Å². The van der Waals surface area contributed by atoms with E-state index in [1.165, 1.54) is 0 Å². The molecule has 1 aromatic heterocycles. The van der Waals surface area contributed by atoms with E-state index in [0.29, 0.717) is 0 Å². The highest BCUT2D eigenvalue weighted by Crippen LogP contribution is 2.26. The zero-order chi connectivity index (χ0) is 14.9. The lowest BCUT2D eigenvalue weighted by Crippen LogP contribution is -2.36. The molecule has 1 fully saturated rings. The van der Waals surface area contributed by atoms with E-state index < -0.39 is 41.0 Å². The number of nitrogens with zero attached hydrogens (tertiary/aromatic N) is 2. The Balaban J connectivity index is 2.40. The van der Waals surface area contributed by atoms with Crippen LogP contribution in [0.5, 0.6) is 0 Å². The van der Waals surface area contributed by atoms with Gasteiger partial charge in [-0.15, -0.1) is 0 Å². The van der Waals surface area contributed by atoms with Crippen molar-refractivity contribution in [3.8, 4) is 0 Å². The van der Waals surface area contributed by atoms with E-state index in [2.05, 4.69) is 21.0 Å². The lowest BCUT2D eigenvalue weighted by molar-refractivity contribution is -0.0507. The van der Waals surface area contributed by atoms with Crippen LogP contribution in [0.1, 0.15) is 18.3 Å². The Morgan fingerprint density at radius 1 is 1.65 bits per heavy atom. The molecule has 0 unspecified atom stereocenters. The van der Waals surface area contributed by atoms with Crippen LogP contribution in [-0.4, -0.2) is 43.8 Å². The minimum absolute atomic E-state index is 0.0180. The second-order valence-corrected chi connectivity index (χ2v) is 4.90. The number of H-pyrrole nitrogens is 1. The summed E-state index contributed by atoms with van der Waals surface area (Å²) in [5.74, 6) is 0. The summed E-state index contributed by atoms with van der Waals surface area (Å²) in [5, 5.41) is 22.3. The molecule has 3 N–H and O–H groups in total. The molecule has 1 aliphatic heterocycles. The molecule has 0 amide bonds. The Morgan fingerprint density at radius 2 is 2.35 bits per heavy atom. The Bertz CT molecular complexity index is 639. The summed E-state index contributed by atoms with van der Waals surface area (Å²) >= 11 is 2.51. The first kappa shape index (κ1) is 15.0. The Hall–Kier alpha value is -1.36. The van der Waals surface area contributed by atoms with E-state index >= 15 is 0 Å². The van der Waals surface area contributed by atoms with Crippen molar-refractivity contribution in [1.29, 1.82) is 0 Å². The molecule has 0 aliphatic carbocycles. The van der Waals surface area contributed by atoms with Crippen molar-refractivity contribution < 1.29 is 19.3 Å². The number of hydrogen-bond acceptors (Lipinski definition) is 6. The van der Waals surface area contributed by atoms with E-state index in [-0.39, 0.29) is 12.1 Å². The van der Waals surface area contributed by atoms with Crippen molar-refractivity contribution in [1.82, 2.24) is 14.8 Å². The second-order valence-electron chi connectivity index (χ2n) is 4.14. The lowest BCUT2D eigenvalue weighted by atomic mass is 10.2. The van der Waals surface area contributed by atoms with Crippen LogP contribution in [0.25, 0.3) is 6.08 Å². The van der Waals surface area contributed by atoms with Gasteiger partial charge < -0.3 is 14.9 Å². The van der Waals surface area contributed by atoms with Gasteiger partial charge in [0.05, 0.1) is 12.7 Å². The number of aromatic nitrogens is 3. The summed E-state index contributed by atoms with van der Waals surface area (Å²) < 4.78 is 18.0. The number of aliphatic hydroxyl groups is 2. The highest BCUT2D eigenvalue weighted by molar-refractivity contribution is 9.11. The Morgan fingerprint density at radius 3 is 2.90 bits per heavy atom. The fourth-order valence-corrected chi connectivity index (χ4v) is 2.06. The zero-order valence-electron chi connectivity index (χ0n) is 9.99. The van der Waals surface area contributed by atoms with Gasteiger partial charge in [-0.2, -0.15) is 14.2 Å². The van der Waals surface area contributed by atoms with Crippen molar-refractivity contribution in [3.05, 3.63) is 31.3 Å². The highest BCUT2D eigenvalue weighted by atomic mass is 79.9. The van der Waals surface area contributed by atoms with E-state index in [1.807, 2.05) is 4.98 Å². The number of rotatable bonds is 3. The smallest absolute Gasteiger partial charge is 0.347 e. The van der Waals surface area contributed by atoms with Gasteiger partial charge in [0.25, 0.3) is 5.56 Å². The molecular weight excluding hydrogens is 341 g/mol.